The number of furan rings is 1. The molecule has 3 nitrogen and oxygen atoms in total. The zero-order valence-electron chi connectivity index (χ0n) is 20.9. The Morgan fingerprint density at radius 1 is 0.595 bits per heavy atom. The van der Waals surface area contributed by atoms with Crippen molar-refractivity contribution in [1.29, 1.82) is 0 Å². The fraction of sp³-hybridized carbons (Fsp3) is 0.0882. The average molecular weight is 482 g/mol. The van der Waals surface area contributed by atoms with Gasteiger partial charge in [-0.25, -0.2) is 0 Å². The highest BCUT2D eigenvalue weighted by atomic mass is 16.3. The monoisotopic (exact) mass is 481 g/mol. The van der Waals surface area contributed by atoms with Gasteiger partial charge in [-0.15, -0.1) is 0 Å². The summed E-state index contributed by atoms with van der Waals surface area (Å²) in [6.07, 6.45) is 1.25. The summed E-state index contributed by atoms with van der Waals surface area (Å²) in [5.74, 6) is 0. The van der Waals surface area contributed by atoms with Gasteiger partial charge in [0.1, 0.15) is 11.2 Å². The van der Waals surface area contributed by atoms with Crippen molar-refractivity contribution >= 4 is 43.6 Å². The molecular formula is C34H27NO2. The van der Waals surface area contributed by atoms with Gasteiger partial charge in [0, 0.05) is 32.8 Å². The van der Waals surface area contributed by atoms with E-state index in [1.54, 1.807) is 0 Å². The fourth-order valence-corrected chi connectivity index (χ4v) is 5.05. The van der Waals surface area contributed by atoms with E-state index in [0.29, 0.717) is 0 Å². The third kappa shape index (κ3) is 3.80. The smallest absolute Gasteiger partial charge is 0.263 e. The minimum atomic E-state index is -0.0126. The first-order valence-corrected chi connectivity index (χ1v) is 12.7. The molecule has 180 valence electrons. The van der Waals surface area contributed by atoms with Gasteiger partial charge in [-0.05, 0) is 41.3 Å². The molecule has 0 saturated carbocycles. The van der Waals surface area contributed by atoms with E-state index in [4.69, 9.17) is 4.42 Å². The summed E-state index contributed by atoms with van der Waals surface area (Å²) in [4.78, 5) is 13.5. The molecule has 7 aromatic rings. The maximum absolute atomic E-state index is 13.5. The van der Waals surface area contributed by atoms with E-state index in [-0.39, 0.29) is 5.56 Å². The van der Waals surface area contributed by atoms with Crippen LogP contribution in [-0.2, 0) is 0 Å². The lowest BCUT2D eigenvalue weighted by Crippen LogP contribution is -2.19. The van der Waals surface area contributed by atoms with E-state index in [9.17, 15) is 4.79 Å². The van der Waals surface area contributed by atoms with Crippen molar-refractivity contribution in [2.45, 2.75) is 20.3 Å². The highest BCUT2D eigenvalue weighted by Gasteiger charge is 2.14. The lowest BCUT2D eigenvalue weighted by molar-refractivity contribution is 0.670. The van der Waals surface area contributed by atoms with Crippen LogP contribution in [0.1, 0.15) is 20.3 Å². The van der Waals surface area contributed by atoms with Gasteiger partial charge in [0.05, 0.1) is 5.52 Å². The summed E-state index contributed by atoms with van der Waals surface area (Å²) in [6.45, 7) is 4.25. The van der Waals surface area contributed by atoms with E-state index < -0.39 is 0 Å². The minimum Gasteiger partial charge on any atom is -0.455 e. The number of pyridine rings is 1. The number of fused-ring (bicyclic) bond motifs is 6. The van der Waals surface area contributed by atoms with Crippen LogP contribution in [0.2, 0.25) is 0 Å². The molecule has 0 radical (unpaired) electrons. The highest BCUT2D eigenvalue weighted by molar-refractivity contribution is 6.09. The van der Waals surface area contributed by atoms with Crippen molar-refractivity contribution < 1.29 is 4.42 Å². The summed E-state index contributed by atoms with van der Waals surface area (Å²) in [5, 5.41) is 4.98. The first-order valence-electron chi connectivity index (χ1n) is 12.7. The first-order chi connectivity index (χ1) is 18.2. The zero-order chi connectivity index (χ0) is 25.4. The third-order valence-corrected chi connectivity index (χ3v) is 6.64. The Morgan fingerprint density at radius 3 is 1.95 bits per heavy atom. The molecule has 0 unspecified atom stereocenters. The Kier molecular flexibility index (Phi) is 5.82. The van der Waals surface area contributed by atoms with Crippen molar-refractivity contribution in [3.63, 3.8) is 0 Å². The predicted octanol–water partition coefficient (Wildman–Crippen LogP) is 9.13. The SMILES string of the molecule is CCC.O=c1c2ccccc2c2ccccc2n1-c1ccc(-c2cccc3c2oc2ccccc23)cc1. The van der Waals surface area contributed by atoms with Gasteiger partial charge in [0.15, 0.2) is 0 Å². The van der Waals surface area contributed by atoms with Crippen LogP contribution < -0.4 is 5.56 Å². The molecule has 37 heavy (non-hydrogen) atoms. The molecule has 0 amide bonds. The average Bonchev–Trinajstić information content (AvgIpc) is 3.33. The highest BCUT2D eigenvalue weighted by Crippen LogP contribution is 2.36. The van der Waals surface area contributed by atoms with Gasteiger partial charge < -0.3 is 4.42 Å². The first kappa shape index (κ1) is 22.8. The number of aromatic nitrogens is 1. The topological polar surface area (TPSA) is 35.1 Å². The molecule has 0 fully saturated rings. The standard InChI is InChI=1S/C31H19NO2.C3H8/c33-31-27-11-2-1-8-23(27)24-9-3-5-14-28(24)32(31)21-18-16-20(17-19-21)22-12-7-13-26-25-10-4-6-15-29(25)34-30(22)26;1-3-2/h1-19H;3H2,1-2H3. The summed E-state index contributed by atoms with van der Waals surface area (Å²) in [5.41, 5.74) is 5.58. The summed E-state index contributed by atoms with van der Waals surface area (Å²) >= 11 is 0. The Bertz CT molecular complexity index is 1940. The van der Waals surface area contributed by atoms with E-state index in [1.807, 2.05) is 77.4 Å². The molecule has 5 aromatic carbocycles. The second-order valence-corrected chi connectivity index (χ2v) is 9.24. The molecule has 2 aromatic heterocycles. The van der Waals surface area contributed by atoms with Crippen molar-refractivity contribution in [2.75, 3.05) is 0 Å². The van der Waals surface area contributed by atoms with Crippen molar-refractivity contribution in [2.24, 2.45) is 0 Å². The van der Waals surface area contributed by atoms with Crippen LogP contribution in [0.25, 0.3) is 60.4 Å². The van der Waals surface area contributed by atoms with Gasteiger partial charge >= 0.3 is 0 Å². The maximum atomic E-state index is 13.5. The van der Waals surface area contributed by atoms with E-state index in [1.165, 1.54) is 6.42 Å². The minimum absolute atomic E-state index is 0.0126. The molecule has 7 rings (SSSR count). The molecule has 0 N–H and O–H groups in total. The van der Waals surface area contributed by atoms with Gasteiger partial charge in [0.25, 0.3) is 5.56 Å². The Labute approximate surface area is 215 Å². The van der Waals surface area contributed by atoms with E-state index >= 15 is 0 Å². The van der Waals surface area contributed by atoms with Crippen LogP contribution in [0, 0.1) is 0 Å². The van der Waals surface area contributed by atoms with Crippen LogP contribution in [0.5, 0.6) is 0 Å². The largest absolute Gasteiger partial charge is 0.455 e. The summed E-state index contributed by atoms with van der Waals surface area (Å²) in [7, 11) is 0. The van der Waals surface area contributed by atoms with Crippen molar-refractivity contribution in [3.8, 4) is 16.8 Å². The quantitative estimate of drug-likeness (QED) is 0.231. The molecule has 0 bridgehead atoms. The lowest BCUT2D eigenvalue weighted by atomic mass is 10.0. The number of rotatable bonds is 2. The van der Waals surface area contributed by atoms with Gasteiger partial charge in [-0.3, -0.25) is 9.36 Å². The molecule has 0 aliphatic carbocycles. The van der Waals surface area contributed by atoms with Gasteiger partial charge in [0.2, 0.25) is 0 Å². The number of nitrogens with zero attached hydrogens (tertiary/aromatic N) is 1. The summed E-state index contributed by atoms with van der Waals surface area (Å²) < 4.78 is 8.03. The molecule has 0 saturated heterocycles. The van der Waals surface area contributed by atoms with Crippen LogP contribution in [0.15, 0.2) is 124 Å². The molecule has 2 heterocycles. The van der Waals surface area contributed by atoms with E-state index in [2.05, 4.69) is 56.3 Å². The van der Waals surface area contributed by atoms with Gasteiger partial charge in [-0.1, -0.05) is 105 Å². The predicted molar refractivity (Wildman–Crippen MR) is 156 cm³/mol. The molecule has 0 atom stereocenters. The normalized spacial score (nSPS) is 11.2. The van der Waals surface area contributed by atoms with Crippen LogP contribution in [0.4, 0.5) is 0 Å². The van der Waals surface area contributed by atoms with Gasteiger partial charge in [-0.2, -0.15) is 0 Å². The lowest BCUT2D eigenvalue weighted by Gasteiger charge is -2.14. The van der Waals surface area contributed by atoms with E-state index in [0.717, 1.165) is 60.4 Å². The molecule has 0 aliphatic heterocycles. The number of hydrogen-bond donors (Lipinski definition) is 0. The second-order valence-electron chi connectivity index (χ2n) is 9.24. The van der Waals surface area contributed by atoms with Crippen LogP contribution in [-0.4, -0.2) is 4.57 Å². The van der Waals surface area contributed by atoms with Crippen molar-refractivity contribution in [3.05, 3.63) is 126 Å². The maximum Gasteiger partial charge on any atom is 0.263 e. The number of para-hydroxylation sites is 3. The third-order valence-electron chi connectivity index (χ3n) is 6.64. The molecule has 0 spiro atoms. The zero-order valence-corrected chi connectivity index (χ0v) is 20.9. The number of benzene rings is 5. The summed E-state index contributed by atoms with van der Waals surface area (Å²) in [6, 6.07) is 38.4. The Hall–Kier alpha value is -4.63. The second kappa shape index (κ2) is 9.44. The fourth-order valence-electron chi connectivity index (χ4n) is 5.05. The molecule has 3 heteroatoms. The van der Waals surface area contributed by atoms with Crippen molar-refractivity contribution in [1.82, 2.24) is 4.57 Å². The molecular weight excluding hydrogens is 454 g/mol. The van der Waals surface area contributed by atoms with Crippen LogP contribution >= 0.6 is 0 Å². The number of hydrogen-bond acceptors (Lipinski definition) is 2. The van der Waals surface area contributed by atoms with Crippen LogP contribution in [0.3, 0.4) is 0 Å². The molecule has 0 aliphatic rings. The Morgan fingerprint density at radius 2 is 1.19 bits per heavy atom. The Balaban J connectivity index is 0.000000804.